The van der Waals surface area contributed by atoms with Crippen molar-refractivity contribution in [2.75, 3.05) is 13.1 Å². The molecule has 1 fully saturated rings. The molecule has 1 amide bonds. The fraction of sp³-hybridized carbons (Fsp3) is 0.286. The van der Waals surface area contributed by atoms with E-state index in [1.54, 1.807) is 42.5 Å². The van der Waals surface area contributed by atoms with Crippen LogP contribution in [-0.4, -0.2) is 41.8 Å². The molecule has 0 radical (unpaired) electrons. The van der Waals surface area contributed by atoms with Crippen molar-refractivity contribution in [2.24, 2.45) is 16.1 Å². The quantitative estimate of drug-likeness (QED) is 0.616. The monoisotopic (exact) mass is 426 g/mol. The van der Waals surface area contributed by atoms with Crippen LogP contribution in [0.1, 0.15) is 18.4 Å². The number of H-pyrrole nitrogens is 1. The second kappa shape index (κ2) is 8.00. The number of sulfonamides is 1. The minimum atomic E-state index is -3.68. The van der Waals surface area contributed by atoms with Gasteiger partial charge >= 0.3 is 0 Å². The Labute approximate surface area is 174 Å². The van der Waals surface area contributed by atoms with E-state index in [0.717, 1.165) is 5.56 Å². The molecule has 0 saturated carbocycles. The number of amides is 1. The third-order valence-corrected chi connectivity index (χ3v) is 7.18. The number of aromatic amines is 1. The van der Waals surface area contributed by atoms with Crippen LogP contribution < -0.4 is 0 Å². The Morgan fingerprint density at radius 3 is 2.67 bits per heavy atom. The molecule has 4 rings (SSSR count). The molecule has 0 unspecified atom stereocenters. The Morgan fingerprint density at radius 2 is 1.90 bits per heavy atom. The van der Waals surface area contributed by atoms with Crippen molar-refractivity contribution >= 4 is 32.5 Å². The third kappa shape index (κ3) is 3.86. The molecule has 2 aromatic carbocycles. The Hall–Kier alpha value is -3.04. The summed E-state index contributed by atoms with van der Waals surface area (Å²) >= 11 is 0. The van der Waals surface area contributed by atoms with Gasteiger partial charge in [0.2, 0.25) is 15.9 Å². The first-order valence-electron chi connectivity index (χ1n) is 9.68. The number of benzene rings is 2. The van der Waals surface area contributed by atoms with E-state index in [1.165, 1.54) is 4.31 Å². The van der Waals surface area contributed by atoms with Gasteiger partial charge in [-0.15, -0.1) is 10.2 Å². The third-order valence-electron chi connectivity index (χ3n) is 5.30. The summed E-state index contributed by atoms with van der Waals surface area (Å²) in [6.07, 6.45) is 1.10. The molecule has 1 atom stereocenters. The number of piperidine rings is 1. The molecule has 156 valence electrons. The van der Waals surface area contributed by atoms with E-state index in [9.17, 15) is 18.3 Å². The SMILES string of the molecule is Cc1ccc(S(=O)(=O)N2CCC[C@@H](C(=O)N=Nc3c(O)[nH]c4ccccc34)C2)cc1. The number of carbonyl (C=O) groups is 1. The molecule has 0 bridgehead atoms. The van der Waals surface area contributed by atoms with Gasteiger partial charge in [-0.1, -0.05) is 35.9 Å². The summed E-state index contributed by atoms with van der Waals surface area (Å²) in [5.74, 6) is -1.24. The molecular weight excluding hydrogens is 404 g/mol. The number of aryl methyl sites for hydroxylation is 1. The highest BCUT2D eigenvalue weighted by atomic mass is 32.2. The fourth-order valence-electron chi connectivity index (χ4n) is 3.62. The Balaban J connectivity index is 1.51. The van der Waals surface area contributed by atoms with Crippen LogP contribution in [0.2, 0.25) is 0 Å². The van der Waals surface area contributed by atoms with Gasteiger partial charge in [-0.3, -0.25) is 4.79 Å². The number of rotatable bonds is 4. The van der Waals surface area contributed by atoms with Gasteiger partial charge in [0.1, 0.15) is 0 Å². The van der Waals surface area contributed by atoms with Crippen molar-refractivity contribution < 1.29 is 18.3 Å². The van der Waals surface area contributed by atoms with Crippen molar-refractivity contribution in [3.8, 4) is 5.88 Å². The van der Waals surface area contributed by atoms with Gasteiger partial charge in [0, 0.05) is 18.5 Å². The highest BCUT2D eigenvalue weighted by Crippen LogP contribution is 2.35. The molecular formula is C21H22N4O4S. The van der Waals surface area contributed by atoms with Crippen molar-refractivity contribution in [1.29, 1.82) is 0 Å². The van der Waals surface area contributed by atoms with Crippen LogP contribution in [0.15, 0.2) is 63.7 Å². The zero-order valence-electron chi connectivity index (χ0n) is 16.4. The lowest BCUT2D eigenvalue weighted by molar-refractivity contribution is -0.123. The lowest BCUT2D eigenvalue weighted by Gasteiger charge is -2.30. The number of nitrogens with zero attached hydrogens (tertiary/aromatic N) is 3. The molecule has 2 heterocycles. The lowest BCUT2D eigenvalue weighted by atomic mass is 9.99. The van der Waals surface area contributed by atoms with Crippen LogP contribution >= 0.6 is 0 Å². The van der Waals surface area contributed by atoms with E-state index in [0.29, 0.717) is 30.3 Å². The number of para-hydroxylation sites is 1. The molecule has 1 saturated heterocycles. The minimum absolute atomic E-state index is 0.0634. The summed E-state index contributed by atoms with van der Waals surface area (Å²) in [4.78, 5) is 15.6. The van der Waals surface area contributed by atoms with Gasteiger partial charge < -0.3 is 10.1 Å². The van der Waals surface area contributed by atoms with Crippen molar-refractivity contribution in [3.63, 3.8) is 0 Å². The lowest BCUT2D eigenvalue weighted by Crippen LogP contribution is -2.41. The van der Waals surface area contributed by atoms with Gasteiger partial charge in [0.15, 0.2) is 5.69 Å². The zero-order chi connectivity index (χ0) is 21.3. The summed E-state index contributed by atoms with van der Waals surface area (Å²) < 4.78 is 27.2. The second-order valence-corrected chi connectivity index (χ2v) is 9.36. The average molecular weight is 426 g/mol. The maximum Gasteiger partial charge on any atom is 0.269 e. The molecule has 30 heavy (non-hydrogen) atoms. The number of fused-ring (bicyclic) bond motifs is 1. The van der Waals surface area contributed by atoms with Crippen LogP contribution in [0.5, 0.6) is 5.88 Å². The Bertz CT molecular complexity index is 1220. The number of azo groups is 1. The van der Waals surface area contributed by atoms with E-state index in [-0.39, 0.29) is 23.0 Å². The molecule has 3 aromatic rings. The summed E-state index contributed by atoms with van der Waals surface area (Å²) in [6.45, 7) is 2.32. The van der Waals surface area contributed by atoms with Crippen molar-refractivity contribution in [1.82, 2.24) is 9.29 Å². The number of hydrogen-bond acceptors (Lipinski definition) is 5. The van der Waals surface area contributed by atoms with Gasteiger partial charge in [-0.2, -0.15) is 4.31 Å². The smallest absolute Gasteiger partial charge is 0.269 e. The largest absolute Gasteiger partial charge is 0.493 e. The van der Waals surface area contributed by atoms with Gasteiger partial charge in [0.05, 0.1) is 16.3 Å². The number of aromatic hydroxyl groups is 1. The van der Waals surface area contributed by atoms with Crippen molar-refractivity contribution in [3.05, 3.63) is 54.1 Å². The summed E-state index contributed by atoms with van der Waals surface area (Å²) in [6, 6.07) is 13.8. The van der Waals surface area contributed by atoms with Crippen LogP contribution in [0, 0.1) is 12.8 Å². The minimum Gasteiger partial charge on any atom is -0.493 e. The van der Waals surface area contributed by atoms with Crippen molar-refractivity contribution in [2.45, 2.75) is 24.7 Å². The molecule has 0 spiro atoms. The normalized spacial score (nSPS) is 18.2. The molecule has 1 aromatic heterocycles. The molecule has 9 heteroatoms. The number of nitrogens with one attached hydrogen (secondary N) is 1. The maximum absolute atomic E-state index is 12.9. The second-order valence-electron chi connectivity index (χ2n) is 7.42. The molecule has 0 aliphatic carbocycles. The molecule has 1 aliphatic rings. The fourth-order valence-corrected chi connectivity index (χ4v) is 5.14. The van der Waals surface area contributed by atoms with Gasteiger partial charge in [-0.05, 0) is 38.0 Å². The molecule has 8 nitrogen and oxygen atoms in total. The van der Waals surface area contributed by atoms with Gasteiger partial charge in [0.25, 0.3) is 5.91 Å². The summed E-state index contributed by atoms with van der Waals surface area (Å²) in [5, 5.41) is 18.4. The number of aromatic nitrogens is 1. The Kier molecular flexibility index (Phi) is 5.40. The van der Waals surface area contributed by atoms with E-state index < -0.39 is 21.8 Å². The first-order chi connectivity index (χ1) is 14.4. The standard InChI is InChI=1S/C21H22N4O4S/c1-14-8-10-16(11-9-14)30(28,29)25-12-4-5-15(13-25)20(26)24-23-19-17-6-2-3-7-18(17)22-21(19)27/h2-3,6-11,15,22,27H,4-5,12-13H2,1H3/t15-/m1/s1. The van der Waals surface area contributed by atoms with Crippen LogP contribution in [0.25, 0.3) is 10.9 Å². The van der Waals surface area contributed by atoms with Crippen LogP contribution in [-0.2, 0) is 14.8 Å². The van der Waals surface area contributed by atoms with E-state index in [4.69, 9.17) is 0 Å². The molecule has 2 N–H and O–H groups in total. The first kappa shape index (κ1) is 20.2. The topological polar surface area (TPSA) is 115 Å². The Morgan fingerprint density at radius 1 is 1.17 bits per heavy atom. The first-order valence-corrected chi connectivity index (χ1v) is 11.1. The summed E-state index contributed by atoms with van der Waals surface area (Å²) in [7, 11) is -3.68. The average Bonchev–Trinajstić information content (AvgIpc) is 3.07. The predicted octanol–water partition coefficient (Wildman–Crippen LogP) is 3.89. The van der Waals surface area contributed by atoms with Gasteiger partial charge in [-0.25, -0.2) is 8.42 Å². The van der Waals surface area contributed by atoms with Crippen LogP contribution in [0.3, 0.4) is 0 Å². The van der Waals surface area contributed by atoms with E-state index in [2.05, 4.69) is 15.2 Å². The van der Waals surface area contributed by atoms with E-state index in [1.807, 2.05) is 13.0 Å². The number of carbonyl (C=O) groups excluding carboxylic acids is 1. The predicted molar refractivity (Wildman–Crippen MR) is 112 cm³/mol. The highest BCUT2D eigenvalue weighted by molar-refractivity contribution is 7.89. The zero-order valence-corrected chi connectivity index (χ0v) is 17.3. The highest BCUT2D eigenvalue weighted by Gasteiger charge is 2.33. The summed E-state index contributed by atoms with van der Waals surface area (Å²) in [5.41, 5.74) is 1.85. The maximum atomic E-state index is 12.9. The number of hydrogen-bond donors (Lipinski definition) is 2. The molecule has 1 aliphatic heterocycles. The van der Waals surface area contributed by atoms with Crippen LogP contribution in [0.4, 0.5) is 5.69 Å². The van der Waals surface area contributed by atoms with E-state index >= 15 is 0 Å².